The minimum atomic E-state index is -5.00. The minimum absolute atomic E-state index is 0.202. The van der Waals surface area contributed by atoms with Gasteiger partial charge in [-0.2, -0.15) is 21.0 Å². The maximum atomic E-state index is 10.5. The topological polar surface area (TPSA) is 246 Å². The number of nitrogens with zero attached hydrogens (tertiary/aromatic N) is 4. The molecule has 0 saturated heterocycles. The first-order chi connectivity index (χ1) is 15.0. The molecule has 0 aliphatic heterocycles. The Morgan fingerprint density at radius 2 is 1.00 bits per heavy atom. The molecule has 1 rings (SSSR count). The second-order valence-corrected chi connectivity index (χ2v) is 7.30. The molecular formula is C16H10N4O10S2-2. The average molecular weight is 482 g/mol. The second-order valence-electron chi connectivity index (χ2n) is 5.20. The second kappa shape index (κ2) is 11.6. The van der Waals surface area contributed by atoms with Crippen LogP contribution < -0.4 is 19.9 Å². The van der Waals surface area contributed by atoms with E-state index in [1.807, 2.05) is 0 Å². The molecule has 0 atom stereocenters. The van der Waals surface area contributed by atoms with Crippen molar-refractivity contribution in [1.82, 2.24) is 0 Å². The maximum absolute atomic E-state index is 10.5. The number of hydrogen-bond donors (Lipinski definition) is 0. The van der Waals surface area contributed by atoms with Gasteiger partial charge in [-0.25, -0.2) is 16.8 Å². The predicted molar refractivity (Wildman–Crippen MR) is 97.2 cm³/mol. The summed E-state index contributed by atoms with van der Waals surface area (Å²) in [5.74, 6) is -0.530. The summed E-state index contributed by atoms with van der Waals surface area (Å²) in [5, 5.41) is 36.3. The number of nitriles is 4. The van der Waals surface area contributed by atoms with Gasteiger partial charge in [0.15, 0.2) is 0 Å². The number of hydrogen-bond acceptors (Lipinski definition) is 14. The van der Waals surface area contributed by atoms with Crippen LogP contribution in [0.1, 0.15) is 0 Å². The molecular weight excluding hydrogens is 472 g/mol. The van der Waals surface area contributed by atoms with Gasteiger partial charge in [0.2, 0.25) is 20.8 Å². The zero-order valence-corrected chi connectivity index (χ0v) is 17.3. The van der Waals surface area contributed by atoms with Crippen LogP contribution in [0, 0.1) is 45.3 Å². The Labute approximate surface area is 181 Å². The average Bonchev–Trinajstić information content (AvgIpc) is 2.70. The Balaban J connectivity index is 3.53. The highest BCUT2D eigenvalue weighted by atomic mass is 32.3. The molecule has 0 fully saturated rings. The standard InChI is InChI=1S/C16H12N4O10S2/c17-7-11(8-18)13-6-16(28-2-4-30-32(24,25)26)14(12(9-19)10-20)5-15(13)27-1-3-29-31(21,22)23/h5-6H,1-4H2,(H,21,22,23)(H,24,25,26)/p-2. The van der Waals surface area contributed by atoms with Crippen LogP contribution in [-0.4, -0.2) is 52.4 Å². The first-order valence-corrected chi connectivity index (χ1v) is 10.6. The first-order valence-electron chi connectivity index (χ1n) is 7.95. The van der Waals surface area contributed by atoms with Gasteiger partial charge in [-0.15, -0.1) is 0 Å². The van der Waals surface area contributed by atoms with E-state index in [4.69, 9.17) is 30.5 Å². The molecule has 0 bridgehead atoms. The van der Waals surface area contributed by atoms with Crippen molar-refractivity contribution in [1.29, 1.82) is 21.0 Å². The summed E-state index contributed by atoms with van der Waals surface area (Å²) < 4.78 is 81.3. The van der Waals surface area contributed by atoms with Gasteiger partial charge in [0.1, 0.15) is 60.1 Å². The Hall–Kier alpha value is -3.74. The van der Waals surface area contributed by atoms with Crippen molar-refractivity contribution in [2.24, 2.45) is 0 Å². The summed E-state index contributed by atoms with van der Waals surface area (Å²) in [5.41, 5.74) is -1.02. The summed E-state index contributed by atoms with van der Waals surface area (Å²) >= 11 is 0. The normalized spacial score (nSPS) is 10.7. The number of rotatable bonds is 10. The van der Waals surface area contributed by atoms with E-state index in [1.165, 1.54) is 0 Å². The zero-order chi connectivity index (χ0) is 24.4. The van der Waals surface area contributed by atoms with E-state index < -0.39 is 58.4 Å². The van der Waals surface area contributed by atoms with Crippen LogP contribution in [0.2, 0.25) is 0 Å². The van der Waals surface area contributed by atoms with Crippen LogP contribution in [0.4, 0.5) is 0 Å². The molecule has 0 heterocycles. The zero-order valence-electron chi connectivity index (χ0n) is 15.7. The highest BCUT2D eigenvalue weighted by molar-refractivity contribution is 7.81. The SMILES string of the molecule is N#CC(C#N)=c1cc(OCCOS(=O)(=O)[O-])c(=C(C#N)C#N)cc1OCCOS(=O)(=O)[O-]. The third-order valence-electron chi connectivity index (χ3n) is 3.20. The molecule has 168 valence electrons. The Kier molecular flexibility index (Phi) is 9.53. The van der Waals surface area contributed by atoms with E-state index in [9.17, 15) is 25.9 Å². The predicted octanol–water partition coefficient (Wildman–Crippen LogP) is -2.21. The van der Waals surface area contributed by atoms with Crippen LogP contribution >= 0.6 is 0 Å². The molecule has 16 heteroatoms. The van der Waals surface area contributed by atoms with Crippen LogP contribution in [0.3, 0.4) is 0 Å². The summed E-state index contributed by atoms with van der Waals surface area (Å²) in [6.45, 7) is -2.52. The molecule has 0 radical (unpaired) electrons. The van der Waals surface area contributed by atoms with E-state index in [0.29, 0.717) is 0 Å². The summed E-state index contributed by atoms with van der Waals surface area (Å²) in [6, 6.07) is 8.35. The van der Waals surface area contributed by atoms with Crippen LogP contribution in [0.15, 0.2) is 12.1 Å². The molecule has 14 nitrogen and oxygen atoms in total. The van der Waals surface area contributed by atoms with Crippen LogP contribution in [-0.2, 0) is 29.2 Å². The van der Waals surface area contributed by atoms with Gasteiger partial charge in [0, 0.05) is 10.4 Å². The fourth-order valence-corrected chi connectivity index (χ4v) is 2.60. The van der Waals surface area contributed by atoms with Gasteiger partial charge >= 0.3 is 0 Å². The lowest BCUT2D eigenvalue weighted by atomic mass is 10.1. The van der Waals surface area contributed by atoms with Gasteiger partial charge in [0.25, 0.3) is 0 Å². The maximum Gasteiger partial charge on any atom is 0.217 e. The molecule has 0 aromatic heterocycles. The molecule has 0 aliphatic rings. The molecule has 0 saturated carbocycles. The molecule has 0 aliphatic carbocycles. The van der Waals surface area contributed by atoms with Crippen LogP contribution in [0.5, 0.6) is 11.5 Å². The largest absolute Gasteiger partial charge is 0.726 e. The van der Waals surface area contributed by atoms with E-state index in [0.717, 1.165) is 12.1 Å². The van der Waals surface area contributed by atoms with Crippen molar-refractivity contribution in [3.8, 4) is 35.8 Å². The van der Waals surface area contributed by atoms with Crippen molar-refractivity contribution in [3.05, 3.63) is 22.6 Å². The molecule has 32 heavy (non-hydrogen) atoms. The lowest BCUT2D eigenvalue weighted by Crippen LogP contribution is -2.23. The summed E-state index contributed by atoms with van der Waals surface area (Å²) in [7, 11) is -10.0. The lowest BCUT2D eigenvalue weighted by Gasteiger charge is -2.13. The van der Waals surface area contributed by atoms with E-state index in [-0.39, 0.29) is 21.9 Å². The summed E-state index contributed by atoms with van der Waals surface area (Å²) in [4.78, 5) is 0. The van der Waals surface area contributed by atoms with Gasteiger partial charge in [-0.3, -0.25) is 8.37 Å². The monoisotopic (exact) mass is 482 g/mol. The van der Waals surface area contributed by atoms with Gasteiger partial charge in [0.05, 0.1) is 13.2 Å². The van der Waals surface area contributed by atoms with Crippen molar-refractivity contribution in [2.45, 2.75) is 0 Å². The molecule has 0 spiro atoms. The van der Waals surface area contributed by atoms with E-state index in [2.05, 4.69) is 8.37 Å². The Bertz CT molecular complexity index is 1230. The fraction of sp³-hybridized carbons (Fsp3) is 0.250. The van der Waals surface area contributed by atoms with Crippen LogP contribution in [0.25, 0.3) is 11.1 Å². The van der Waals surface area contributed by atoms with Gasteiger partial charge in [-0.05, 0) is 12.1 Å². The Morgan fingerprint density at radius 3 is 1.25 bits per heavy atom. The number of benzene rings is 1. The smallest absolute Gasteiger partial charge is 0.217 e. The van der Waals surface area contributed by atoms with E-state index >= 15 is 0 Å². The van der Waals surface area contributed by atoms with Crippen molar-refractivity contribution >= 4 is 31.9 Å². The van der Waals surface area contributed by atoms with Gasteiger partial charge < -0.3 is 18.6 Å². The molecule has 0 amide bonds. The third-order valence-corrected chi connectivity index (χ3v) is 4.12. The Morgan fingerprint density at radius 1 is 0.688 bits per heavy atom. The van der Waals surface area contributed by atoms with Crippen molar-refractivity contribution < 1.29 is 43.8 Å². The fourth-order valence-electron chi connectivity index (χ4n) is 2.06. The van der Waals surface area contributed by atoms with Crippen molar-refractivity contribution in [2.75, 3.05) is 26.4 Å². The van der Waals surface area contributed by atoms with E-state index in [1.54, 1.807) is 24.3 Å². The van der Waals surface area contributed by atoms with Crippen molar-refractivity contribution in [3.63, 3.8) is 0 Å². The highest BCUT2D eigenvalue weighted by Gasteiger charge is 2.12. The summed E-state index contributed by atoms with van der Waals surface area (Å²) in [6.07, 6.45) is 0. The minimum Gasteiger partial charge on any atom is -0.726 e. The van der Waals surface area contributed by atoms with Gasteiger partial charge in [-0.1, -0.05) is 0 Å². The first kappa shape index (κ1) is 26.3. The molecule has 0 unspecified atom stereocenters. The quantitative estimate of drug-likeness (QED) is 0.195. The molecule has 0 N–H and O–H groups in total. The number of ether oxygens (including phenoxy) is 2. The third kappa shape index (κ3) is 8.55. The molecule has 1 aromatic carbocycles. The lowest BCUT2D eigenvalue weighted by molar-refractivity contribution is 0.194. The molecule has 1 aromatic rings. The highest BCUT2D eigenvalue weighted by Crippen LogP contribution is 2.11.